The van der Waals surface area contributed by atoms with Crippen molar-refractivity contribution in [2.75, 3.05) is 51.4 Å². The van der Waals surface area contributed by atoms with Crippen molar-refractivity contribution in [2.45, 2.75) is 46.2 Å². The van der Waals surface area contributed by atoms with Gasteiger partial charge in [-0.3, -0.25) is 4.90 Å². The second-order valence-corrected chi connectivity index (χ2v) is 14.0. The van der Waals surface area contributed by atoms with Crippen LogP contribution in [-0.4, -0.2) is 80.4 Å². The molecule has 1 aliphatic rings. The molecule has 0 aliphatic carbocycles. The highest BCUT2D eigenvalue weighted by Gasteiger charge is 2.23. The average Bonchev–Trinajstić information content (AvgIpc) is 3.28. The predicted molar refractivity (Wildman–Crippen MR) is 164 cm³/mol. The molecule has 224 valence electrons. The first-order valence-corrected chi connectivity index (χ1v) is 16.4. The molecule has 4 aromatic rings. The number of hydrogen-bond donors (Lipinski definition) is 1. The zero-order chi connectivity index (χ0) is 30.2. The first kappa shape index (κ1) is 30.2. The van der Waals surface area contributed by atoms with Gasteiger partial charge in [-0.15, -0.1) is 0 Å². The van der Waals surface area contributed by atoms with Crippen LogP contribution in [0.2, 0.25) is 0 Å². The van der Waals surface area contributed by atoms with Gasteiger partial charge in [0, 0.05) is 62.1 Å². The summed E-state index contributed by atoms with van der Waals surface area (Å²) in [6.45, 7) is 14.1. The molecular formula is C30H39F2N8OP. The number of nitrogens with zero attached hydrogens (tertiary/aromatic N) is 7. The molecule has 42 heavy (non-hydrogen) atoms. The number of nitrogens with one attached hydrogen (secondary N) is 1. The topological polar surface area (TPSA) is 92.1 Å². The summed E-state index contributed by atoms with van der Waals surface area (Å²) in [5.74, 6) is 0.245. The maximum absolute atomic E-state index is 15.1. The summed E-state index contributed by atoms with van der Waals surface area (Å²) in [6, 6.07) is 6.91. The Bertz CT molecular complexity index is 1630. The third kappa shape index (κ3) is 6.69. The van der Waals surface area contributed by atoms with Crippen molar-refractivity contribution in [3.8, 4) is 11.3 Å². The number of pyridine rings is 1. The Morgan fingerprint density at radius 1 is 1.10 bits per heavy atom. The number of fused-ring (bicyclic) bond motifs is 2. The van der Waals surface area contributed by atoms with Crippen LogP contribution >= 0.6 is 7.80 Å². The molecule has 0 spiro atoms. The summed E-state index contributed by atoms with van der Waals surface area (Å²) in [5.41, 5.74) is 2.97. The normalized spacial score (nSPS) is 14.9. The molecule has 1 unspecified atom stereocenters. The van der Waals surface area contributed by atoms with Gasteiger partial charge in [0.1, 0.15) is 22.9 Å². The largest absolute Gasteiger partial charge is 0.327 e. The highest BCUT2D eigenvalue weighted by atomic mass is 31.1. The number of likely N-dealkylation sites (N-methyl/N-ethyl adjacent to an activating group) is 1. The van der Waals surface area contributed by atoms with Crippen LogP contribution in [0.3, 0.4) is 0 Å². The van der Waals surface area contributed by atoms with E-state index in [0.29, 0.717) is 22.7 Å². The van der Waals surface area contributed by atoms with E-state index in [1.165, 1.54) is 11.6 Å². The van der Waals surface area contributed by atoms with E-state index in [1.54, 1.807) is 6.07 Å². The molecule has 12 heteroatoms. The lowest BCUT2D eigenvalue weighted by atomic mass is 10.1. The molecule has 0 saturated heterocycles. The lowest BCUT2D eigenvalue weighted by Crippen LogP contribution is -2.37. The van der Waals surface area contributed by atoms with Gasteiger partial charge >= 0.3 is 0 Å². The van der Waals surface area contributed by atoms with Crippen molar-refractivity contribution in [3.05, 3.63) is 59.2 Å². The number of anilines is 2. The second kappa shape index (κ2) is 12.1. The Morgan fingerprint density at radius 3 is 2.62 bits per heavy atom. The first-order chi connectivity index (χ1) is 19.9. The molecule has 0 saturated carbocycles. The predicted octanol–water partition coefficient (Wildman–Crippen LogP) is 5.45. The van der Waals surface area contributed by atoms with Gasteiger partial charge in [-0.25, -0.2) is 28.7 Å². The minimum Gasteiger partial charge on any atom is -0.327 e. The Balaban J connectivity index is 1.32. The van der Waals surface area contributed by atoms with Gasteiger partial charge < -0.3 is 19.3 Å². The van der Waals surface area contributed by atoms with Crippen LogP contribution in [0.25, 0.3) is 22.3 Å². The third-order valence-corrected chi connectivity index (χ3v) is 8.51. The molecule has 3 aromatic heterocycles. The van der Waals surface area contributed by atoms with Crippen molar-refractivity contribution < 1.29 is 13.3 Å². The van der Waals surface area contributed by atoms with Gasteiger partial charge in [-0.05, 0) is 65.2 Å². The minimum atomic E-state index is -1.44. The van der Waals surface area contributed by atoms with E-state index < -0.39 is 19.4 Å². The Hall–Kier alpha value is -3.27. The van der Waals surface area contributed by atoms with E-state index in [-0.39, 0.29) is 22.7 Å². The number of halogens is 2. The fourth-order valence-corrected chi connectivity index (χ4v) is 6.18. The molecule has 5 rings (SSSR count). The lowest BCUT2D eigenvalue weighted by Gasteiger charge is -2.30. The van der Waals surface area contributed by atoms with Crippen molar-refractivity contribution in [1.29, 1.82) is 0 Å². The van der Waals surface area contributed by atoms with Crippen LogP contribution in [0, 0.1) is 18.6 Å². The zero-order valence-electron chi connectivity index (χ0n) is 25.1. The SMILES string of the molecule is Cc1nc2c(F)cc(-c3nc(Nc4ccc5c(n4)CCN(CCN(C)CC[PH](C)=O)C5)ncc3F)cc2n1C(C)(C)C. The van der Waals surface area contributed by atoms with E-state index in [0.717, 1.165) is 57.2 Å². The van der Waals surface area contributed by atoms with Gasteiger partial charge in [0.2, 0.25) is 5.95 Å². The standard InChI is InChI=1S/C30H39F2N8OP/c1-19-34-28-22(31)15-21(16-25(28)40(19)30(2,3)4)27-23(32)17-33-29(37-27)36-26-8-7-20-18-39(10-9-24(20)35-26)12-11-38(5)13-14-42(6)41/h7-8,15-17,42H,9-14,18H2,1-6H3,(H,33,35,36,37). The summed E-state index contributed by atoms with van der Waals surface area (Å²) in [6.07, 6.45) is 2.66. The molecule has 0 bridgehead atoms. The molecule has 4 heterocycles. The van der Waals surface area contributed by atoms with Gasteiger partial charge in [-0.1, -0.05) is 6.07 Å². The van der Waals surface area contributed by atoms with Crippen LogP contribution in [-0.2, 0) is 23.1 Å². The van der Waals surface area contributed by atoms with E-state index in [9.17, 15) is 8.96 Å². The molecule has 0 amide bonds. The second-order valence-electron chi connectivity index (χ2n) is 12.1. The molecule has 1 N–H and O–H groups in total. The summed E-state index contributed by atoms with van der Waals surface area (Å²) in [7, 11) is 0.634. The van der Waals surface area contributed by atoms with Crippen molar-refractivity contribution in [1.82, 2.24) is 34.3 Å². The number of benzene rings is 1. The summed E-state index contributed by atoms with van der Waals surface area (Å²) in [5, 5.41) is 3.10. The highest BCUT2D eigenvalue weighted by Crippen LogP contribution is 2.32. The van der Waals surface area contributed by atoms with Crippen molar-refractivity contribution in [2.24, 2.45) is 0 Å². The van der Waals surface area contributed by atoms with Gasteiger partial charge in [-0.2, -0.15) is 0 Å². The van der Waals surface area contributed by atoms with Crippen LogP contribution in [0.4, 0.5) is 20.5 Å². The zero-order valence-corrected chi connectivity index (χ0v) is 26.1. The van der Waals surface area contributed by atoms with E-state index in [1.807, 2.05) is 51.1 Å². The Labute approximate surface area is 246 Å². The number of aromatic nitrogens is 5. The van der Waals surface area contributed by atoms with E-state index in [2.05, 4.69) is 37.1 Å². The fourth-order valence-electron chi connectivity index (χ4n) is 5.49. The summed E-state index contributed by atoms with van der Waals surface area (Å²) >= 11 is 0. The molecule has 1 aromatic carbocycles. The van der Waals surface area contributed by atoms with Crippen LogP contribution in [0.5, 0.6) is 0 Å². The van der Waals surface area contributed by atoms with Gasteiger partial charge in [0.05, 0.1) is 19.5 Å². The maximum Gasteiger partial charge on any atom is 0.229 e. The Kier molecular flexibility index (Phi) is 8.73. The summed E-state index contributed by atoms with van der Waals surface area (Å²) < 4.78 is 43.5. The molecule has 1 aliphatic heterocycles. The van der Waals surface area contributed by atoms with Crippen molar-refractivity contribution in [3.63, 3.8) is 0 Å². The molecule has 9 nitrogen and oxygen atoms in total. The summed E-state index contributed by atoms with van der Waals surface area (Å²) in [4.78, 5) is 22.4. The van der Waals surface area contributed by atoms with E-state index >= 15 is 4.39 Å². The molecule has 0 fully saturated rings. The average molecular weight is 597 g/mol. The lowest BCUT2D eigenvalue weighted by molar-refractivity contribution is 0.214. The smallest absolute Gasteiger partial charge is 0.229 e. The third-order valence-electron chi connectivity index (χ3n) is 7.58. The van der Waals surface area contributed by atoms with Crippen LogP contribution < -0.4 is 5.32 Å². The minimum absolute atomic E-state index is 0.00221. The monoisotopic (exact) mass is 596 g/mol. The van der Waals surface area contributed by atoms with E-state index in [4.69, 9.17) is 4.98 Å². The van der Waals surface area contributed by atoms with Crippen LogP contribution in [0.1, 0.15) is 37.9 Å². The molecule has 0 radical (unpaired) electrons. The molecular weight excluding hydrogens is 557 g/mol. The highest BCUT2D eigenvalue weighted by molar-refractivity contribution is 7.43. The number of rotatable bonds is 9. The van der Waals surface area contributed by atoms with Gasteiger partial charge in [0.25, 0.3) is 0 Å². The number of hydrogen-bond acceptors (Lipinski definition) is 8. The van der Waals surface area contributed by atoms with Crippen LogP contribution in [0.15, 0.2) is 30.5 Å². The number of imidazole rings is 1. The molecule has 1 atom stereocenters. The quantitative estimate of drug-likeness (QED) is 0.255. The van der Waals surface area contributed by atoms with Crippen molar-refractivity contribution >= 4 is 30.6 Å². The van der Waals surface area contributed by atoms with Gasteiger partial charge in [0.15, 0.2) is 11.6 Å². The number of aryl methyl sites for hydroxylation is 1. The Morgan fingerprint density at radius 2 is 1.88 bits per heavy atom. The maximum atomic E-state index is 15.1. The first-order valence-electron chi connectivity index (χ1n) is 14.3. The fraction of sp³-hybridized carbons (Fsp3) is 0.467.